The van der Waals surface area contributed by atoms with E-state index in [1.807, 2.05) is 6.92 Å². The van der Waals surface area contributed by atoms with Crippen LogP contribution in [0.5, 0.6) is 0 Å². The molecular weight excluding hydrogens is 231 g/mol. The number of nitrogens with one attached hydrogen (secondary N) is 1. The zero-order chi connectivity index (χ0) is 13.5. The number of amides is 1. The molecule has 3 nitrogen and oxygen atoms in total. The van der Waals surface area contributed by atoms with E-state index in [0.29, 0.717) is 12.0 Å². The molecule has 1 amide bonds. The highest BCUT2D eigenvalue weighted by molar-refractivity contribution is 5.81. The van der Waals surface area contributed by atoms with Crippen LogP contribution in [0.15, 0.2) is 24.3 Å². The summed E-state index contributed by atoms with van der Waals surface area (Å²) in [4.78, 5) is 11.8. The van der Waals surface area contributed by atoms with Gasteiger partial charge in [-0.05, 0) is 19.4 Å². The van der Waals surface area contributed by atoms with E-state index in [2.05, 4.69) is 5.32 Å². The first-order valence-electron chi connectivity index (χ1n) is 6.36. The van der Waals surface area contributed by atoms with Gasteiger partial charge in [-0.25, -0.2) is 4.39 Å². The Balaban J connectivity index is 2.57. The second kappa shape index (κ2) is 7.11. The second-order valence-corrected chi connectivity index (χ2v) is 4.50. The Labute approximate surface area is 108 Å². The molecule has 0 fully saturated rings. The van der Waals surface area contributed by atoms with Gasteiger partial charge in [0.25, 0.3) is 0 Å². The molecule has 0 aliphatic carbocycles. The van der Waals surface area contributed by atoms with Crippen LogP contribution in [0.2, 0.25) is 0 Å². The van der Waals surface area contributed by atoms with E-state index in [-0.39, 0.29) is 17.8 Å². The van der Waals surface area contributed by atoms with Crippen molar-refractivity contribution in [3.05, 3.63) is 35.6 Å². The average molecular weight is 252 g/mol. The summed E-state index contributed by atoms with van der Waals surface area (Å²) in [5.41, 5.74) is 6.24. The molecule has 100 valence electrons. The fourth-order valence-corrected chi connectivity index (χ4v) is 1.78. The summed E-state index contributed by atoms with van der Waals surface area (Å²) in [6, 6.07) is 5.54. The number of nitrogens with two attached hydrogens (primary N) is 1. The largest absolute Gasteiger partial charge is 0.348 e. The molecule has 0 saturated heterocycles. The van der Waals surface area contributed by atoms with Gasteiger partial charge in [0.05, 0.1) is 12.1 Å². The van der Waals surface area contributed by atoms with E-state index >= 15 is 0 Å². The monoisotopic (exact) mass is 252 g/mol. The van der Waals surface area contributed by atoms with Crippen LogP contribution in [-0.2, 0) is 4.79 Å². The highest BCUT2D eigenvalue weighted by atomic mass is 19.1. The summed E-state index contributed by atoms with van der Waals surface area (Å²) in [6.07, 6.45) is 2.58. The number of halogens is 1. The Morgan fingerprint density at radius 3 is 2.72 bits per heavy atom. The highest BCUT2D eigenvalue weighted by Gasteiger charge is 2.17. The van der Waals surface area contributed by atoms with Crippen molar-refractivity contribution < 1.29 is 9.18 Å². The molecule has 0 saturated carbocycles. The van der Waals surface area contributed by atoms with Crippen molar-refractivity contribution in [3.63, 3.8) is 0 Å². The first-order chi connectivity index (χ1) is 8.56. The summed E-state index contributed by atoms with van der Waals surface area (Å²) in [5.74, 6) is -0.536. The lowest BCUT2D eigenvalue weighted by molar-refractivity contribution is -0.123. The van der Waals surface area contributed by atoms with Crippen molar-refractivity contribution in [2.45, 2.75) is 45.2 Å². The van der Waals surface area contributed by atoms with E-state index < -0.39 is 6.04 Å². The minimum absolute atomic E-state index is 0.223. The number of unbranched alkanes of at least 4 members (excludes halogenated alkanes) is 1. The van der Waals surface area contributed by atoms with Gasteiger partial charge in [0.1, 0.15) is 5.82 Å². The lowest BCUT2D eigenvalue weighted by Gasteiger charge is -2.18. The number of benzene rings is 1. The first kappa shape index (κ1) is 14.6. The number of carbonyl (C=O) groups is 1. The van der Waals surface area contributed by atoms with Gasteiger partial charge in [-0.3, -0.25) is 4.79 Å². The lowest BCUT2D eigenvalue weighted by atomic mass is 10.1. The molecule has 1 rings (SSSR count). The van der Waals surface area contributed by atoms with E-state index in [0.717, 1.165) is 12.8 Å². The van der Waals surface area contributed by atoms with Crippen molar-refractivity contribution in [1.82, 2.24) is 5.32 Å². The van der Waals surface area contributed by atoms with Crippen LogP contribution < -0.4 is 11.1 Å². The summed E-state index contributed by atoms with van der Waals surface area (Å²) in [6.45, 7) is 3.80. The van der Waals surface area contributed by atoms with Gasteiger partial charge in [0.15, 0.2) is 0 Å². The maximum Gasteiger partial charge on any atom is 0.237 e. The van der Waals surface area contributed by atoms with Crippen LogP contribution >= 0.6 is 0 Å². The zero-order valence-corrected chi connectivity index (χ0v) is 10.9. The standard InChI is InChI=1S/C14H21FN2O/c1-3-4-9-13(16)14(18)17-10(2)11-7-5-6-8-12(11)15/h5-8,10,13H,3-4,9,16H2,1-2H3,(H,17,18)/t10-,13?/m1/s1. The molecule has 1 aromatic carbocycles. The molecule has 0 aliphatic heterocycles. The molecular formula is C14H21FN2O. The van der Waals surface area contributed by atoms with Crippen LogP contribution in [0.4, 0.5) is 4.39 Å². The van der Waals surface area contributed by atoms with E-state index in [1.54, 1.807) is 25.1 Å². The number of hydrogen-bond acceptors (Lipinski definition) is 2. The third-order valence-electron chi connectivity index (χ3n) is 2.94. The van der Waals surface area contributed by atoms with E-state index in [4.69, 9.17) is 5.73 Å². The highest BCUT2D eigenvalue weighted by Crippen LogP contribution is 2.16. The Bertz CT molecular complexity index is 395. The fraction of sp³-hybridized carbons (Fsp3) is 0.500. The van der Waals surface area contributed by atoms with E-state index in [9.17, 15) is 9.18 Å². The normalized spacial score (nSPS) is 14.0. The van der Waals surface area contributed by atoms with Gasteiger partial charge in [-0.15, -0.1) is 0 Å². The summed E-state index contributed by atoms with van der Waals surface area (Å²) >= 11 is 0. The average Bonchev–Trinajstić information content (AvgIpc) is 2.36. The zero-order valence-electron chi connectivity index (χ0n) is 10.9. The molecule has 1 unspecified atom stereocenters. The Morgan fingerprint density at radius 2 is 2.11 bits per heavy atom. The minimum Gasteiger partial charge on any atom is -0.348 e. The number of carbonyl (C=O) groups excluding carboxylic acids is 1. The van der Waals surface area contributed by atoms with Gasteiger partial charge in [0.2, 0.25) is 5.91 Å². The van der Waals surface area contributed by atoms with Crippen LogP contribution in [0.25, 0.3) is 0 Å². The molecule has 0 aromatic heterocycles. The molecule has 0 radical (unpaired) electrons. The van der Waals surface area contributed by atoms with Crippen LogP contribution in [0.1, 0.15) is 44.7 Å². The van der Waals surface area contributed by atoms with Crippen LogP contribution in [0.3, 0.4) is 0 Å². The third kappa shape index (κ3) is 4.11. The maximum atomic E-state index is 13.5. The smallest absolute Gasteiger partial charge is 0.237 e. The lowest BCUT2D eigenvalue weighted by Crippen LogP contribution is -2.41. The van der Waals surface area contributed by atoms with Gasteiger partial charge in [-0.1, -0.05) is 38.0 Å². The van der Waals surface area contributed by atoms with Crippen molar-refractivity contribution in [3.8, 4) is 0 Å². The SMILES string of the molecule is CCCCC(N)C(=O)N[C@H](C)c1ccccc1F. The Hall–Kier alpha value is -1.42. The van der Waals surface area contributed by atoms with Gasteiger partial charge in [0, 0.05) is 5.56 Å². The Morgan fingerprint density at radius 1 is 1.44 bits per heavy atom. The Kier molecular flexibility index (Phi) is 5.78. The van der Waals surface area contributed by atoms with Crippen molar-refractivity contribution in [2.75, 3.05) is 0 Å². The van der Waals surface area contributed by atoms with Crippen LogP contribution in [-0.4, -0.2) is 11.9 Å². The van der Waals surface area contributed by atoms with Gasteiger partial charge in [-0.2, -0.15) is 0 Å². The number of hydrogen-bond donors (Lipinski definition) is 2. The maximum absolute atomic E-state index is 13.5. The molecule has 3 N–H and O–H groups in total. The predicted octanol–water partition coefficient (Wildman–Crippen LogP) is 2.52. The third-order valence-corrected chi connectivity index (χ3v) is 2.94. The fourth-order valence-electron chi connectivity index (χ4n) is 1.78. The number of rotatable bonds is 6. The van der Waals surface area contributed by atoms with Gasteiger partial charge >= 0.3 is 0 Å². The molecule has 18 heavy (non-hydrogen) atoms. The first-order valence-corrected chi connectivity index (χ1v) is 6.36. The predicted molar refractivity (Wildman–Crippen MR) is 70.5 cm³/mol. The molecule has 0 bridgehead atoms. The van der Waals surface area contributed by atoms with Crippen molar-refractivity contribution in [2.24, 2.45) is 5.73 Å². The summed E-state index contributed by atoms with van der Waals surface area (Å²) in [5, 5.41) is 2.74. The molecule has 1 aromatic rings. The van der Waals surface area contributed by atoms with Gasteiger partial charge < -0.3 is 11.1 Å². The minimum atomic E-state index is -0.515. The molecule has 0 aliphatic rings. The van der Waals surface area contributed by atoms with E-state index in [1.165, 1.54) is 6.07 Å². The topological polar surface area (TPSA) is 55.1 Å². The summed E-state index contributed by atoms with van der Waals surface area (Å²) < 4.78 is 13.5. The second-order valence-electron chi connectivity index (χ2n) is 4.50. The molecule has 2 atom stereocenters. The van der Waals surface area contributed by atoms with Crippen molar-refractivity contribution in [1.29, 1.82) is 0 Å². The van der Waals surface area contributed by atoms with Crippen molar-refractivity contribution >= 4 is 5.91 Å². The molecule has 4 heteroatoms. The van der Waals surface area contributed by atoms with Crippen LogP contribution in [0, 0.1) is 5.82 Å². The molecule has 0 spiro atoms. The molecule has 0 heterocycles. The quantitative estimate of drug-likeness (QED) is 0.817. The summed E-state index contributed by atoms with van der Waals surface area (Å²) in [7, 11) is 0.